The summed E-state index contributed by atoms with van der Waals surface area (Å²) >= 11 is 0. The number of rotatable bonds is 10. The summed E-state index contributed by atoms with van der Waals surface area (Å²) in [5, 5.41) is 0. The molecule has 0 aromatic carbocycles. The van der Waals surface area contributed by atoms with Gasteiger partial charge in [0.05, 0.1) is 0 Å². The van der Waals surface area contributed by atoms with Crippen LogP contribution in [0.25, 0.3) is 0 Å². The number of nitrogens with zero attached hydrogens (tertiary/aromatic N) is 1. The molecule has 0 aliphatic rings. The third kappa shape index (κ3) is 7.19. The predicted octanol–water partition coefficient (Wildman–Crippen LogP) is 4.02. The highest BCUT2D eigenvalue weighted by molar-refractivity contribution is 5.78. The second-order valence-electron chi connectivity index (χ2n) is 4.79. The van der Waals surface area contributed by atoms with Crippen molar-refractivity contribution in [2.24, 2.45) is 5.92 Å². The van der Waals surface area contributed by atoms with Gasteiger partial charge in [0.15, 0.2) is 0 Å². The number of carbonyl (C=O) groups excluding carboxylic acids is 1. The zero-order valence-electron chi connectivity index (χ0n) is 11.9. The van der Waals surface area contributed by atoms with Crippen LogP contribution in [-0.2, 0) is 4.79 Å². The van der Waals surface area contributed by atoms with Crippen LogP contribution in [0.3, 0.4) is 0 Å². The van der Waals surface area contributed by atoms with Crippen molar-refractivity contribution in [1.29, 1.82) is 0 Å². The van der Waals surface area contributed by atoms with Crippen molar-refractivity contribution in [3.63, 3.8) is 0 Å². The Balaban J connectivity index is 3.93. The summed E-state index contributed by atoms with van der Waals surface area (Å²) in [4.78, 5) is 14.1. The minimum atomic E-state index is 0.236. The van der Waals surface area contributed by atoms with Crippen molar-refractivity contribution in [2.45, 2.75) is 58.8 Å². The smallest absolute Gasteiger partial charge is 0.225 e. The first kappa shape index (κ1) is 16.2. The van der Waals surface area contributed by atoms with E-state index in [0.717, 1.165) is 45.1 Å². The number of hydrogen-bond acceptors (Lipinski definition) is 1. The van der Waals surface area contributed by atoms with Gasteiger partial charge < -0.3 is 4.90 Å². The first-order chi connectivity index (χ1) is 8.17. The molecule has 0 radical (unpaired) electrons. The highest BCUT2D eigenvalue weighted by Crippen LogP contribution is 2.15. The summed E-state index contributed by atoms with van der Waals surface area (Å²) < 4.78 is 0. The molecule has 0 N–H and O–H groups in total. The summed E-state index contributed by atoms with van der Waals surface area (Å²) in [6.45, 7) is 8.88. The topological polar surface area (TPSA) is 20.3 Å². The number of allylic oxidation sites excluding steroid dienone is 1. The minimum Gasteiger partial charge on any atom is -0.346 e. The van der Waals surface area contributed by atoms with Crippen LogP contribution in [0.1, 0.15) is 58.8 Å². The molecule has 0 fully saturated rings. The molecule has 0 saturated carbocycles. The second kappa shape index (κ2) is 10.4. The number of carbonyl (C=O) groups is 1. The van der Waals surface area contributed by atoms with Gasteiger partial charge in [-0.3, -0.25) is 4.79 Å². The maximum absolute atomic E-state index is 12.1. The average Bonchev–Trinajstić information content (AvgIpc) is 2.35. The van der Waals surface area contributed by atoms with Gasteiger partial charge in [-0.05, 0) is 32.1 Å². The summed E-state index contributed by atoms with van der Waals surface area (Å²) in [6, 6.07) is 0. The Kier molecular flexibility index (Phi) is 9.89. The fraction of sp³-hybridized carbons (Fsp3) is 0.800. The molecule has 1 amide bonds. The maximum atomic E-state index is 12.1. The molecule has 0 heterocycles. The normalized spacial score (nSPS) is 12.2. The Hall–Kier alpha value is -0.790. The molecule has 1 atom stereocenters. The molecule has 0 rings (SSSR count). The van der Waals surface area contributed by atoms with E-state index >= 15 is 0 Å². The summed E-state index contributed by atoms with van der Waals surface area (Å²) in [7, 11) is 1.94. The largest absolute Gasteiger partial charge is 0.346 e. The Labute approximate surface area is 107 Å². The number of hydrogen-bond donors (Lipinski definition) is 0. The van der Waals surface area contributed by atoms with Crippen LogP contribution in [-0.4, -0.2) is 24.4 Å². The third-order valence-corrected chi connectivity index (χ3v) is 3.28. The molecule has 100 valence electrons. The molecule has 0 aromatic rings. The van der Waals surface area contributed by atoms with E-state index in [2.05, 4.69) is 20.4 Å². The summed E-state index contributed by atoms with van der Waals surface area (Å²) in [5.74, 6) is 0.568. The van der Waals surface area contributed by atoms with Crippen molar-refractivity contribution in [1.82, 2.24) is 4.90 Å². The van der Waals surface area contributed by atoms with Crippen LogP contribution in [0.5, 0.6) is 0 Å². The third-order valence-electron chi connectivity index (χ3n) is 3.28. The van der Waals surface area contributed by atoms with Crippen molar-refractivity contribution >= 4 is 5.91 Å². The van der Waals surface area contributed by atoms with Gasteiger partial charge in [0.25, 0.3) is 0 Å². The van der Waals surface area contributed by atoms with Crippen LogP contribution >= 0.6 is 0 Å². The van der Waals surface area contributed by atoms with Gasteiger partial charge in [-0.25, -0.2) is 0 Å². The van der Waals surface area contributed by atoms with E-state index in [0.29, 0.717) is 5.91 Å². The van der Waals surface area contributed by atoms with Gasteiger partial charge in [0, 0.05) is 19.5 Å². The van der Waals surface area contributed by atoms with E-state index in [1.807, 2.05) is 18.0 Å². The molecule has 0 bridgehead atoms. The zero-order chi connectivity index (χ0) is 13.1. The monoisotopic (exact) mass is 239 g/mol. The zero-order valence-corrected chi connectivity index (χ0v) is 11.9. The Morgan fingerprint density at radius 3 is 2.53 bits per heavy atom. The number of unbranched alkanes of at least 4 members (excludes halogenated alkanes) is 3. The lowest BCUT2D eigenvalue weighted by Gasteiger charge is -2.23. The highest BCUT2D eigenvalue weighted by Gasteiger charge is 2.19. The fourth-order valence-electron chi connectivity index (χ4n) is 2.01. The Morgan fingerprint density at radius 2 is 2.00 bits per heavy atom. The van der Waals surface area contributed by atoms with Crippen molar-refractivity contribution < 1.29 is 4.79 Å². The standard InChI is InChI=1S/C15H29NO/c1-5-8-10-11-13-16(4)15(17)14(7-3)12-9-6-2/h5,14H,1,6-13H2,2-4H3. The first-order valence-electron chi connectivity index (χ1n) is 7.03. The molecule has 1 unspecified atom stereocenters. The van der Waals surface area contributed by atoms with Crippen molar-refractivity contribution in [3.05, 3.63) is 12.7 Å². The lowest BCUT2D eigenvalue weighted by molar-refractivity contribution is -0.134. The molecule has 0 saturated heterocycles. The first-order valence-corrected chi connectivity index (χ1v) is 7.03. The van der Waals surface area contributed by atoms with Gasteiger partial charge in [-0.15, -0.1) is 6.58 Å². The molecule has 0 aliphatic heterocycles. The molecule has 2 heteroatoms. The molecule has 17 heavy (non-hydrogen) atoms. The second-order valence-corrected chi connectivity index (χ2v) is 4.79. The van der Waals surface area contributed by atoms with E-state index in [1.54, 1.807) is 0 Å². The molecule has 0 spiro atoms. The Bertz CT molecular complexity index is 213. The van der Waals surface area contributed by atoms with E-state index in [-0.39, 0.29) is 5.92 Å². The predicted molar refractivity (Wildman–Crippen MR) is 75.0 cm³/mol. The minimum absolute atomic E-state index is 0.236. The van der Waals surface area contributed by atoms with Gasteiger partial charge in [0.2, 0.25) is 5.91 Å². The fourth-order valence-corrected chi connectivity index (χ4v) is 2.01. The van der Waals surface area contributed by atoms with Crippen LogP contribution < -0.4 is 0 Å². The SMILES string of the molecule is C=CCCCCN(C)C(=O)C(CC)CCCC. The molecule has 0 aliphatic carbocycles. The van der Waals surface area contributed by atoms with Gasteiger partial charge in [-0.2, -0.15) is 0 Å². The van der Waals surface area contributed by atoms with E-state index < -0.39 is 0 Å². The summed E-state index contributed by atoms with van der Waals surface area (Å²) in [6.07, 6.45) is 9.55. The van der Waals surface area contributed by atoms with Crippen LogP contribution in [0.2, 0.25) is 0 Å². The molecule has 2 nitrogen and oxygen atoms in total. The average molecular weight is 239 g/mol. The Morgan fingerprint density at radius 1 is 1.29 bits per heavy atom. The van der Waals surface area contributed by atoms with E-state index in [1.165, 1.54) is 6.42 Å². The van der Waals surface area contributed by atoms with E-state index in [4.69, 9.17) is 0 Å². The number of amides is 1. The quantitative estimate of drug-likeness (QED) is 0.416. The van der Waals surface area contributed by atoms with Crippen LogP contribution in [0.4, 0.5) is 0 Å². The summed E-state index contributed by atoms with van der Waals surface area (Å²) in [5.41, 5.74) is 0. The van der Waals surface area contributed by atoms with Crippen LogP contribution in [0.15, 0.2) is 12.7 Å². The van der Waals surface area contributed by atoms with Gasteiger partial charge in [0.1, 0.15) is 0 Å². The molecular formula is C15H29NO. The van der Waals surface area contributed by atoms with E-state index in [9.17, 15) is 4.79 Å². The van der Waals surface area contributed by atoms with Gasteiger partial charge in [-0.1, -0.05) is 32.8 Å². The maximum Gasteiger partial charge on any atom is 0.225 e. The highest BCUT2D eigenvalue weighted by atomic mass is 16.2. The van der Waals surface area contributed by atoms with Gasteiger partial charge >= 0.3 is 0 Å². The van der Waals surface area contributed by atoms with Crippen molar-refractivity contribution in [3.8, 4) is 0 Å². The van der Waals surface area contributed by atoms with Crippen LogP contribution in [0, 0.1) is 5.92 Å². The van der Waals surface area contributed by atoms with Crippen molar-refractivity contribution in [2.75, 3.05) is 13.6 Å². The lowest BCUT2D eigenvalue weighted by atomic mass is 9.98. The molecule has 0 aromatic heterocycles. The lowest BCUT2D eigenvalue weighted by Crippen LogP contribution is -2.33. The molecular weight excluding hydrogens is 210 g/mol.